The van der Waals surface area contributed by atoms with Gasteiger partial charge in [-0.05, 0) is 19.1 Å². The van der Waals surface area contributed by atoms with Crippen molar-refractivity contribution in [3.8, 4) is 11.3 Å². The molecular weight excluding hydrogens is 202 g/mol. The van der Waals surface area contributed by atoms with Crippen molar-refractivity contribution in [1.82, 2.24) is 15.2 Å². The van der Waals surface area contributed by atoms with E-state index >= 15 is 0 Å². The molecule has 0 aromatic carbocycles. The number of aromatic amines is 1. The van der Waals surface area contributed by atoms with Crippen molar-refractivity contribution in [1.29, 1.82) is 0 Å². The zero-order valence-corrected chi connectivity index (χ0v) is 9.69. The number of hydrogen-bond acceptors (Lipinski definition) is 3. The van der Waals surface area contributed by atoms with Crippen molar-refractivity contribution >= 4 is 0 Å². The molecule has 0 aliphatic carbocycles. The van der Waals surface area contributed by atoms with E-state index in [0.29, 0.717) is 5.69 Å². The van der Waals surface area contributed by atoms with Crippen LogP contribution in [-0.4, -0.2) is 15.2 Å². The Balaban J connectivity index is 0.000000606. The van der Waals surface area contributed by atoms with Crippen LogP contribution in [0.3, 0.4) is 0 Å². The first-order valence-corrected chi connectivity index (χ1v) is 5.24. The summed E-state index contributed by atoms with van der Waals surface area (Å²) >= 11 is 0. The quantitative estimate of drug-likeness (QED) is 0.796. The highest BCUT2D eigenvalue weighted by Crippen LogP contribution is 2.09. The van der Waals surface area contributed by atoms with Gasteiger partial charge in [-0.15, -0.1) is 0 Å². The summed E-state index contributed by atoms with van der Waals surface area (Å²) < 4.78 is 0. The highest BCUT2D eigenvalue weighted by atomic mass is 16.1. The summed E-state index contributed by atoms with van der Waals surface area (Å²) in [5, 5.41) is 6.75. The number of H-pyrrole nitrogens is 1. The van der Waals surface area contributed by atoms with Crippen LogP contribution in [0.5, 0.6) is 0 Å². The molecule has 2 heterocycles. The lowest BCUT2D eigenvalue weighted by atomic mass is 10.2. The molecule has 0 spiro atoms. The fraction of sp³-hybridized carbons (Fsp3) is 0.250. The van der Waals surface area contributed by atoms with Gasteiger partial charge in [0.15, 0.2) is 0 Å². The van der Waals surface area contributed by atoms with E-state index in [1.165, 1.54) is 6.07 Å². The maximum absolute atomic E-state index is 11.5. The Kier molecular flexibility index (Phi) is 4.39. The highest BCUT2D eigenvalue weighted by Gasteiger charge is 2.03. The average Bonchev–Trinajstić information content (AvgIpc) is 2.33. The molecule has 0 radical (unpaired) electrons. The number of aromatic nitrogens is 3. The first-order valence-electron chi connectivity index (χ1n) is 5.24. The third kappa shape index (κ3) is 2.76. The Bertz CT molecular complexity index is 491. The Morgan fingerprint density at radius 1 is 1.19 bits per heavy atom. The molecule has 0 unspecified atom stereocenters. The van der Waals surface area contributed by atoms with Gasteiger partial charge in [-0.3, -0.25) is 14.9 Å². The van der Waals surface area contributed by atoms with Crippen LogP contribution in [0.1, 0.15) is 19.5 Å². The molecule has 0 saturated heterocycles. The monoisotopic (exact) mass is 217 g/mol. The van der Waals surface area contributed by atoms with Gasteiger partial charge >= 0.3 is 0 Å². The molecule has 4 nitrogen and oxygen atoms in total. The van der Waals surface area contributed by atoms with Crippen LogP contribution >= 0.6 is 0 Å². The zero-order valence-electron chi connectivity index (χ0n) is 9.69. The summed E-state index contributed by atoms with van der Waals surface area (Å²) in [5.41, 5.74) is 1.89. The maximum Gasteiger partial charge on any atom is 0.208 e. The van der Waals surface area contributed by atoms with Crippen LogP contribution in [0.2, 0.25) is 0 Å². The second-order valence-electron chi connectivity index (χ2n) is 3.00. The van der Waals surface area contributed by atoms with Crippen LogP contribution in [-0.2, 0) is 0 Å². The topological polar surface area (TPSA) is 58.6 Å². The minimum absolute atomic E-state index is 0.0764. The highest BCUT2D eigenvalue weighted by molar-refractivity contribution is 5.57. The molecule has 16 heavy (non-hydrogen) atoms. The molecule has 0 fully saturated rings. The first kappa shape index (κ1) is 12.1. The van der Waals surface area contributed by atoms with Gasteiger partial charge in [0.2, 0.25) is 5.43 Å². The van der Waals surface area contributed by atoms with Crippen LogP contribution in [0.15, 0.2) is 35.4 Å². The number of aryl methyl sites for hydroxylation is 1. The van der Waals surface area contributed by atoms with Crippen molar-refractivity contribution in [3.63, 3.8) is 0 Å². The van der Waals surface area contributed by atoms with E-state index in [-0.39, 0.29) is 5.43 Å². The fourth-order valence-corrected chi connectivity index (χ4v) is 1.21. The van der Waals surface area contributed by atoms with Gasteiger partial charge in [0.25, 0.3) is 0 Å². The molecule has 0 aliphatic heterocycles. The molecule has 2 aromatic heterocycles. The van der Waals surface area contributed by atoms with Crippen LogP contribution in [0, 0.1) is 6.92 Å². The molecule has 0 amide bonds. The van der Waals surface area contributed by atoms with Gasteiger partial charge in [-0.25, -0.2) is 0 Å². The largest absolute Gasteiger partial charge is 0.287 e. The number of nitrogens with one attached hydrogen (secondary N) is 1. The molecule has 1 N–H and O–H groups in total. The van der Waals surface area contributed by atoms with Gasteiger partial charge in [-0.2, -0.15) is 5.10 Å². The Labute approximate surface area is 94.4 Å². The van der Waals surface area contributed by atoms with Crippen molar-refractivity contribution in [2.24, 2.45) is 0 Å². The Morgan fingerprint density at radius 3 is 2.38 bits per heavy atom. The van der Waals surface area contributed by atoms with E-state index in [1.54, 1.807) is 31.5 Å². The molecule has 0 aliphatic rings. The van der Waals surface area contributed by atoms with Crippen molar-refractivity contribution in [2.45, 2.75) is 20.8 Å². The number of nitrogens with zero attached hydrogens (tertiary/aromatic N) is 2. The van der Waals surface area contributed by atoms with Crippen molar-refractivity contribution < 1.29 is 0 Å². The summed E-state index contributed by atoms with van der Waals surface area (Å²) in [6.07, 6.45) is 3.27. The van der Waals surface area contributed by atoms with Gasteiger partial charge in [0.05, 0.1) is 0 Å². The summed E-state index contributed by atoms with van der Waals surface area (Å²) in [4.78, 5) is 15.4. The summed E-state index contributed by atoms with van der Waals surface area (Å²) in [6, 6.07) is 5.04. The predicted octanol–water partition coefficient (Wildman–Crippen LogP) is 2.17. The van der Waals surface area contributed by atoms with Crippen molar-refractivity contribution in [2.75, 3.05) is 0 Å². The standard InChI is InChI=1S/C10H9N3O.C2H6/c1-7-6-9(14)10(13-12-7)8-2-4-11-5-3-8;1-2/h2-6H,1H3,(H,12,14);1-2H3. The lowest BCUT2D eigenvalue weighted by Crippen LogP contribution is -2.08. The third-order valence-electron chi connectivity index (χ3n) is 1.88. The van der Waals surface area contributed by atoms with E-state index in [1.807, 2.05) is 13.8 Å². The summed E-state index contributed by atoms with van der Waals surface area (Å²) in [5.74, 6) is 0. The summed E-state index contributed by atoms with van der Waals surface area (Å²) in [7, 11) is 0. The Hall–Kier alpha value is -1.97. The zero-order chi connectivity index (χ0) is 12.0. The van der Waals surface area contributed by atoms with Crippen LogP contribution in [0.25, 0.3) is 11.3 Å². The first-order chi connectivity index (χ1) is 7.77. The number of rotatable bonds is 1. The minimum Gasteiger partial charge on any atom is -0.287 e. The van der Waals surface area contributed by atoms with Gasteiger partial charge < -0.3 is 0 Å². The van der Waals surface area contributed by atoms with Gasteiger partial charge in [0, 0.05) is 29.7 Å². The molecule has 2 rings (SSSR count). The van der Waals surface area contributed by atoms with Gasteiger partial charge in [-0.1, -0.05) is 13.8 Å². The van der Waals surface area contributed by atoms with Crippen molar-refractivity contribution in [3.05, 3.63) is 46.5 Å². The van der Waals surface area contributed by atoms with Gasteiger partial charge in [0.1, 0.15) is 5.69 Å². The normalized spacial score (nSPS) is 9.19. The molecule has 84 valence electrons. The van der Waals surface area contributed by atoms with Crippen LogP contribution in [0.4, 0.5) is 0 Å². The van der Waals surface area contributed by atoms with E-state index in [2.05, 4.69) is 15.2 Å². The molecule has 0 bridgehead atoms. The smallest absolute Gasteiger partial charge is 0.208 e. The van der Waals surface area contributed by atoms with E-state index < -0.39 is 0 Å². The fourth-order valence-electron chi connectivity index (χ4n) is 1.21. The van der Waals surface area contributed by atoms with E-state index in [9.17, 15) is 4.79 Å². The average molecular weight is 217 g/mol. The number of pyridine rings is 1. The lowest BCUT2D eigenvalue weighted by Gasteiger charge is -1.98. The Morgan fingerprint density at radius 2 is 1.81 bits per heavy atom. The molecule has 0 atom stereocenters. The molecular formula is C12H15N3O. The van der Waals surface area contributed by atoms with Crippen LogP contribution < -0.4 is 5.43 Å². The second-order valence-corrected chi connectivity index (χ2v) is 3.00. The third-order valence-corrected chi connectivity index (χ3v) is 1.88. The second kappa shape index (κ2) is 5.80. The van der Waals surface area contributed by atoms with E-state index in [0.717, 1.165) is 11.3 Å². The SMILES string of the molecule is CC.Cc1cc(=O)c(-c2ccncc2)n[nH]1. The molecule has 0 saturated carbocycles. The van der Waals surface area contributed by atoms with E-state index in [4.69, 9.17) is 0 Å². The molecule has 2 aromatic rings. The predicted molar refractivity (Wildman–Crippen MR) is 64.2 cm³/mol. The lowest BCUT2D eigenvalue weighted by molar-refractivity contribution is 0.975. The summed E-state index contributed by atoms with van der Waals surface area (Å²) in [6.45, 7) is 5.80. The molecule has 4 heteroatoms. The minimum atomic E-state index is -0.0764. The maximum atomic E-state index is 11.5. The number of hydrogen-bond donors (Lipinski definition) is 1.